The van der Waals surface area contributed by atoms with Crippen LogP contribution in [0.4, 0.5) is 0 Å². The molecule has 0 spiro atoms. The third-order valence-electron chi connectivity index (χ3n) is 5.24. The van der Waals surface area contributed by atoms with Gasteiger partial charge in [-0.25, -0.2) is 8.42 Å². The second-order valence-corrected chi connectivity index (χ2v) is 9.77. The van der Waals surface area contributed by atoms with E-state index in [1.54, 1.807) is 6.92 Å². The molecule has 188 valence electrons. The fourth-order valence-electron chi connectivity index (χ4n) is 3.28. The molecule has 0 aromatic rings. The molecule has 0 bridgehead atoms. The maximum Gasteiger partial charge on any atom is 1.00 e. The van der Waals surface area contributed by atoms with Gasteiger partial charge >= 0.3 is 41.5 Å². The summed E-state index contributed by atoms with van der Waals surface area (Å²) >= 11 is 0. The molecule has 0 aliphatic heterocycles. The van der Waals surface area contributed by atoms with E-state index in [1.165, 1.54) is 70.3 Å². The third-order valence-corrected chi connectivity index (χ3v) is 6.30. The van der Waals surface area contributed by atoms with Crippen LogP contribution >= 0.6 is 0 Å². The van der Waals surface area contributed by atoms with Crippen LogP contribution in [0, 0.1) is 0 Å². The Kier molecular flexibility index (Phi) is 24.6. The Morgan fingerprint density at radius 3 is 1.70 bits per heavy atom. The van der Waals surface area contributed by atoms with Crippen LogP contribution in [0.1, 0.15) is 117 Å². The minimum atomic E-state index is -5.02. The van der Waals surface area contributed by atoms with Gasteiger partial charge < -0.3 is 14.0 Å². The smallest absolute Gasteiger partial charge is 0.747 e. The number of hydrogen-bond donors (Lipinski definition) is 0. The first-order chi connectivity index (χ1) is 15.3. The van der Waals surface area contributed by atoms with Crippen molar-refractivity contribution in [1.29, 1.82) is 0 Å². The largest absolute Gasteiger partial charge is 1.00 e. The summed E-state index contributed by atoms with van der Waals surface area (Å²) in [5, 5.41) is -2.09. The van der Waals surface area contributed by atoms with Gasteiger partial charge in [-0.15, -0.1) is 0 Å². The van der Waals surface area contributed by atoms with Crippen molar-refractivity contribution < 1.29 is 61.6 Å². The van der Waals surface area contributed by atoms with E-state index >= 15 is 0 Å². The summed E-state index contributed by atoms with van der Waals surface area (Å²) in [6.45, 7) is 4.18. The van der Waals surface area contributed by atoms with E-state index in [2.05, 4.69) is 11.7 Å². The van der Waals surface area contributed by atoms with Crippen molar-refractivity contribution in [3.63, 3.8) is 0 Å². The molecule has 33 heavy (non-hydrogen) atoms. The zero-order valence-electron chi connectivity index (χ0n) is 21.0. The summed E-state index contributed by atoms with van der Waals surface area (Å²) < 4.78 is 43.4. The van der Waals surface area contributed by atoms with Crippen LogP contribution in [-0.2, 0) is 29.2 Å². The number of allylic oxidation sites excluding steroid dienone is 1. The normalized spacial score (nSPS) is 12.3. The molecule has 0 radical (unpaired) electrons. The Bertz CT molecular complexity index is 620. The van der Waals surface area contributed by atoms with Gasteiger partial charge in [0.05, 0.1) is 19.3 Å². The van der Waals surface area contributed by atoms with Crippen molar-refractivity contribution in [2.45, 2.75) is 122 Å². The fourth-order valence-corrected chi connectivity index (χ4v) is 3.91. The third kappa shape index (κ3) is 21.8. The van der Waals surface area contributed by atoms with Crippen LogP contribution < -0.4 is 29.6 Å². The van der Waals surface area contributed by atoms with Crippen molar-refractivity contribution in [3.8, 4) is 0 Å². The molecule has 0 saturated carbocycles. The summed E-state index contributed by atoms with van der Waals surface area (Å²) in [7, 11) is -5.02. The summed E-state index contributed by atoms with van der Waals surface area (Å²) in [6, 6.07) is 0. The van der Waals surface area contributed by atoms with E-state index in [0.29, 0.717) is 12.8 Å². The first kappa shape index (κ1) is 34.8. The molecule has 0 aromatic carbocycles. The number of unbranched alkanes of at least 4 members (excludes halogenated alkanes) is 13. The predicted molar refractivity (Wildman–Crippen MR) is 125 cm³/mol. The molecule has 9 heteroatoms. The van der Waals surface area contributed by atoms with E-state index in [1.807, 2.05) is 0 Å². The van der Waals surface area contributed by atoms with Crippen molar-refractivity contribution in [2.24, 2.45) is 0 Å². The quantitative estimate of drug-likeness (QED) is 0.0787. The van der Waals surface area contributed by atoms with Gasteiger partial charge in [-0.05, 0) is 18.9 Å². The molecular weight excluding hydrogens is 455 g/mol. The average molecular weight is 499 g/mol. The van der Waals surface area contributed by atoms with Gasteiger partial charge in [0.15, 0.2) is 5.25 Å². The molecule has 7 nitrogen and oxygen atoms in total. The molecule has 0 aliphatic carbocycles. The van der Waals surface area contributed by atoms with Gasteiger partial charge in [0.1, 0.15) is 10.1 Å². The minimum Gasteiger partial charge on any atom is -0.747 e. The standard InChI is InChI=1S/C24H44O7S.Na/c1-3-5-7-8-9-10-11-12-13-14-15-16-17-18-20-30-23(25)21-22(32(27,28)29)24(26)31-19-6-4-2;/h6,19,22H,3-5,7-18,20-21H2,1-2H3,(H,27,28,29);/q;+1/p-1/b19-6+;. The molecule has 0 saturated heterocycles. The summed E-state index contributed by atoms with van der Waals surface area (Å²) in [6.07, 6.45) is 19.2. The van der Waals surface area contributed by atoms with E-state index in [4.69, 9.17) is 4.74 Å². The monoisotopic (exact) mass is 498 g/mol. The molecule has 1 unspecified atom stereocenters. The van der Waals surface area contributed by atoms with Gasteiger partial charge in [0.25, 0.3) is 0 Å². The van der Waals surface area contributed by atoms with Crippen molar-refractivity contribution in [2.75, 3.05) is 6.61 Å². The van der Waals surface area contributed by atoms with E-state index in [0.717, 1.165) is 25.5 Å². The van der Waals surface area contributed by atoms with Crippen LogP contribution in [0.15, 0.2) is 12.3 Å². The van der Waals surface area contributed by atoms with Crippen LogP contribution in [0.25, 0.3) is 0 Å². The molecular formula is C24H43NaO7S. The van der Waals surface area contributed by atoms with E-state index < -0.39 is 33.7 Å². The molecule has 0 heterocycles. The molecule has 0 fully saturated rings. The van der Waals surface area contributed by atoms with Gasteiger partial charge in [-0.1, -0.05) is 97.3 Å². The Morgan fingerprint density at radius 2 is 1.27 bits per heavy atom. The zero-order valence-corrected chi connectivity index (χ0v) is 23.8. The van der Waals surface area contributed by atoms with Crippen LogP contribution in [0.5, 0.6) is 0 Å². The second-order valence-electron chi connectivity index (χ2n) is 8.22. The predicted octanol–water partition coefficient (Wildman–Crippen LogP) is 2.79. The Morgan fingerprint density at radius 1 is 0.818 bits per heavy atom. The number of rotatable bonds is 21. The number of carbonyl (C=O) groups excluding carboxylic acids is 2. The van der Waals surface area contributed by atoms with E-state index in [9.17, 15) is 22.6 Å². The molecule has 0 aliphatic rings. The summed E-state index contributed by atoms with van der Waals surface area (Å²) in [5.41, 5.74) is 0. The van der Waals surface area contributed by atoms with Crippen LogP contribution in [0.3, 0.4) is 0 Å². The first-order valence-corrected chi connectivity index (χ1v) is 13.8. The van der Waals surface area contributed by atoms with Crippen molar-refractivity contribution >= 4 is 22.1 Å². The maximum absolute atomic E-state index is 11.8. The SMILES string of the molecule is CC/C=C/OC(=O)C(CC(=O)OCCCCCCCCCCCCCCCC)S(=O)(=O)[O-].[Na+]. The first-order valence-electron chi connectivity index (χ1n) is 12.3. The summed E-state index contributed by atoms with van der Waals surface area (Å²) in [5.74, 6) is -2.15. The van der Waals surface area contributed by atoms with Gasteiger partial charge in [0.2, 0.25) is 0 Å². The second kappa shape index (κ2) is 23.3. The van der Waals surface area contributed by atoms with Crippen LogP contribution in [-0.4, -0.2) is 36.8 Å². The molecule has 0 N–H and O–H groups in total. The van der Waals surface area contributed by atoms with Crippen molar-refractivity contribution in [1.82, 2.24) is 0 Å². The minimum absolute atomic E-state index is 0. The van der Waals surface area contributed by atoms with Gasteiger partial charge in [-0.3, -0.25) is 9.59 Å². The van der Waals surface area contributed by atoms with Crippen LogP contribution in [0.2, 0.25) is 0 Å². The van der Waals surface area contributed by atoms with Crippen molar-refractivity contribution in [3.05, 3.63) is 12.3 Å². The fraction of sp³-hybridized carbons (Fsp3) is 0.833. The molecule has 0 amide bonds. The number of hydrogen-bond acceptors (Lipinski definition) is 7. The van der Waals surface area contributed by atoms with Gasteiger partial charge in [-0.2, -0.15) is 0 Å². The molecule has 0 rings (SSSR count). The number of carbonyl (C=O) groups is 2. The Hall–Kier alpha value is -0.410. The van der Waals surface area contributed by atoms with Gasteiger partial charge in [0, 0.05) is 0 Å². The molecule has 0 aromatic heterocycles. The topological polar surface area (TPSA) is 110 Å². The Labute approximate surface area is 223 Å². The summed E-state index contributed by atoms with van der Waals surface area (Å²) in [4.78, 5) is 23.6. The van der Waals surface area contributed by atoms with E-state index in [-0.39, 0.29) is 36.2 Å². The maximum atomic E-state index is 11.8. The number of ether oxygens (including phenoxy) is 2. The zero-order chi connectivity index (χ0) is 24.1. The average Bonchev–Trinajstić information content (AvgIpc) is 2.74. The number of esters is 2. The Balaban J connectivity index is 0. The molecule has 1 atom stereocenters.